The normalized spacial score (nSPS) is 13.5. The van der Waals surface area contributed by atoms with Crippen molar-refractivity contribution in [1.82, 2.24) is 10.2 Å². The molecule has 1 aliphatic heterocycles. The highest BCUT2D eigenvalue weighted by molar-refractivity contribution is 5.95. The maximum Gasteiger partial charge on any atom is 0.490 e. The number of carbonyl (C=O) groups excluding carboxylic acids is 3. The number of aryl methyl sites for hydroxylation is 1. The third kappa shape index (κ3) is 15.0. The Kier molecular flexibility index (Phi) is 16.7. The SMILES string of the molecule is CCOC(=O)CCc1ccc(C(=N)N)cc1OC[C@@H](CC(=O)OCC)NC(=O)c1ccc(OC2CCN(C(C)=N)CC2)cc1.O=C(O)C(F)(F)F. The molecule has 2 aromatic carbocycles. The van der Waals surface area contributed by atoms with Crippen molar-refractivity contribution in [2.75, 3.05) is 32.9 Å². The molecule has 0 radical (unpaired) electrons. The van der Waals surface area contributed by atoms with Crippen LogP contribution in [0, 0.1) is 10.8 Å². The molecule has 2 aromatic rings. The van der Waals surface area contributed by atoms with E-state index in [1.165, 1.54) is 0 Å². The zero-order chi connectivity index (χ0) is 38.1. The number of nitrogen functional groups attached to an aromatic ring is 1. The maximum absolute atomic E-state index is 13.2. The lowest BCUT2D eigenvalue weighted by molar-refractivity contribution is -0.192. The average Bonchev–Trinajstić information content (AvgIpc) is 3.07. The van der Waals surface area contributed by atoms with E-state index >= 15 is 0 Å². The zero-order valence-electron chi connectivity index (χ0n) is 28.6. The van der Waals surface area contributed by atoms with E-state index in [2.05, 4.69) is 5.32 Å². The molecule has 0 bridgehead atoms. The molecular formula is C34H44F3N5O9. The van der Waals surface area contributed by atoms with E-state index in [1.54, 1.807) is 63.2 Å². The number of rotatable bonds is 15. The second-order valence-corrected chi connectivity index (χ2v) is 11.2. The number of piperidine rings is 1. The number of carboxylic acids is 1. The molecule has 1 fully saturated rings. The molecule has 0 aliphatic carbocycles. The standard InChI is InChI=1S/C32H43N5O7.C2HF3O2/c1-4-41-29(38)13-10-22-6-7-24(31(34)35)18-28(22)43-20-25(19-30(39)42-5-2)36-32(40)23-8-11-26(12-9-23)44-27-14-16-37(17-15-27)21(3)33;3-2(4,5)1(6)7/h6-9,11-12,18,25,27,33H,4-5,10,13-17,19-20H2,1-3H3,(H3,34,35)(H,36,40);(H,6,7)/t25-;/m1./s1. The van der Waals surface area contributed by atoms with Gasteiger partial charge in [-0.1, -0.05) is 12.1 Å². The van der Waals surface area contributed by atoms with E-state index < -0.39 is 30.1 Å². The number of alkyl halides is 3. The van der Waals surface area contributed by atoms with Gasteiger partial charge in [0.2, 0.25) is 0 Å². The number of likely N-dealkylation sites (tertiary alicyclic amines) is 1. The van der Waals surface area contributed by atoms with Crippen LogP contribution in [0.25, 0.3) is 0 Å². The number of carbonyl (C=O) groups is 4. The van der Waals surface area contributed by atoms with Crippen LogP contribution in [0.4, 0.5) is 13.2 Å². The topological polar surface area (TPSA) is 214 Å². The van der Waals surface area contributed by atoms with E-state index in [4.69, 9.17) is 45.4 Å². The molecule has 3 rings (SSSR count). The summed E-state index contributed by atoms with van der Waals surface area (Å²) in [7, 11) is 0. The number of ether oxygens (including phenoxy) is 4. The second-order valence-electron chi connectivity index (χ2n) is 11.2. The predicted octanol–water partition coefficient (Wildman–Crippen LogP) is 4.07. The Hall–Kier alpha value is -5.35. The van der Waals surface area contributed by atoms with Crippen LogP contribution in [-0.2, 0) is 30.3 Å². The van der Waals surface area contributed by atoms with Crippen molar-refractivity contribution < 1.29 is 56.4 Å². The largest absolute Gasteiger partial charge is 0.491 e. The van der Waals surface area contributed by atoms with E-state index in [0.717, 1.165) is 25.9 Å². The minimum absolute atomic E-state index is 0.0417. The van der Waals surface area contributed by atoms with Crippen molar-refractivity contribution in [1.29, 1.82) is 10.8 Å². The monoisotopic (exact) mass is 723 g/mol. The van der Waals surface area contributed by atoms with Gasteiger partial charge < -0.3 is 40.0 Å². The summed E-state index contributed by atoms with van der Waals surface area (Å²) < 4.78 is 54.0. The van der Waals surface area contributed by atoms with Crippen LogP contribution in [-0.4, -0.2) is 96.7 Å². The fourth-order valence-electron chi connectivity index (χ4n) is 4.75. The fraction of sp³-hybridized carbons (Fsp3) is 0.471. The number of esters is 2. The minimum Gasteiger partial charge on any atom is -0.491 e. The highest BCUT2D eigenvalue weighted by Gasteiger charge is 2.38. The molecule has 51 heavy (non-hydrogen) atoms. The van der Waals surface area contributed by atoms with Crippen molar-refractivity contribution in [3.8, 4) is 11.5 Å². The van der Waals surface area contributed by atoms with E-state index in [-0.39, 0.29) is 50.6 Å². The average molecular weight is 724 g/mol. The van der Waals surface area contributed by atoms with Crippen LogP contribution < -0.4 is 20.5 Å². The molecule has 280 valence electrons. The van der Waals surface area contributed by atoms with Crippen LogP contribution in [0.15, 0.2) is 42.5 Å². The van der Waals surface area contributed by atoms with Crippen LogP contribution >= 0.6 is 0 Å². The van der Waals surface area contributed by atoms with Gasteiger partial charge in [0.25, 0.3) is 5.91 Å². The Morgan fingerprint density at radius 3 is 2.08 bits per heavy atom. The number of benzene rings is 2. The number of nitrogens with two attached hydrogens (primary N) is 1. The summed E-state index contributed by atoms with van der Waals surface area (Å²) in [6.07, 6.45) is -3.08. The number of nitrogens with zero attached hydrogens (tertiary/aromatic N) is 1. The summed E-state index contributed by atoms with van der Waals surface area (Å²) >= 11 is 0. The minimum atomic E-state index is -5.08. The van der Waals surface area contributed by atoms with Crippen molar-refractivity contribution >= 4 is 35.5 Å². The van der Waals surface area contributed by atoms with Gasteiger partial charge in [-0.25, -0.2) is 4.79 Å². The van der Waals surface area contributed by atoms with Crippen LogP contribution in [0.5, 0.6) is 11.5 Å². The number of carboxylic acid groups (broad SMARTS) is 1. The lowest BCUT2D eigenvalue weighted by Gasteiger charge is -2.32. The molecule has 1 amide bonds. The molecule has 1 aliphatic rings. The van der Waals surface area contributed by atoms with E-state index in [9.17, 15) is 27.6 Å². The Morgan fingerprint density at radius 1 is 0.980 bits per heavy atom. The van der Waals surface area contributed by atoms with Crippen molar-refractivity contribution in [2.45, 2.75) is 71.2 Å². The van der Waals surface area contributed by atoms with Gasteiger partial charge in [0.05, 0.1) is 31.5 Å². The Balaban J connectivity index is 0.00000116. The molecule has 1 heterocycles. The molecule has 1 atom stereocenters. The molecule has 0 spiro atoms. The fourth-order valence-corrected chi connectivity index (χ4v) is 4.75. The molecule has 17 heteroatoms. The Morgan fingerprint density at radius 2 is 1.55 bits per heavy atom. The molecule has 1 saturated heterocycles. The number of hydrogen-bond donors (Lipinski definition) is 5. The number of hydrogen-bond acceptors (Lipinski definition) is 10. The highest BCUT2D eigenvalue weighted by Crippen LogP contribution is 2.24. The third-order valence-electron chi connectivity index (χ3n) is 7.35. The van der Waals surface area contributed by atoms with Gasteiger partial charge in [0.15, 0.2) is 0 Å². The smallest absolute Gasteiger partial charge is 0.490 e. The summed E-state index contributed by atoms with van der Waals surface area (Å²) in [6, 6.07) is 11.1. The summed E-state index contributed by atoms with van der Waals surface area (Å²) in [5.41, 5.74) is 7.19. The first-order chi connectivity index (χ1) is 24.0. The molecule has 6 N–H and O–H groups in total. The number of aliphatic carboxylic acids is 1. The predicted molar refractivity (Wildman–Crippen MR) is 179 cm³/mol. The van der Waals surface area contributed by atoms with Crippen molar-refractivity contribution in [2.24, 2.45) is 5.73 Å². The molecule has 0 unspecified atom stereocenters. The summed E-state index contributed by atoms with van der Waals surface area (Å²) in [5, 5.41) is 25.6. The van der Waals surface area contributed by atoms with Gasteiger partial charge >= 0.3 is 24.1 Å². The van der Waals surface area contributed by atoms with Gasteiger partial charge in [0.1, 0.15) is 30.0 Å². The first kappa shape index (κ1) is 41.8. The van der Waals surface area contributed by atoms with E-state index in [1.807, 2.05) is 4.90 Å². The van der Waals surface area contributed by atoms with Gasteiger partial charge in [-0.05, 0) is 63.1 Å². The lowest BCUT2D eigenvalue weighted by Crippen LogP contribution is -2.41. The molecule has 14 nitrogen and oxygen atoms in total. The summed E-state index contributed by atoms with van der Waals surface area (Å²) in [6.45, 7) is 7.17. The number of amides is 1. The van der Waals surface area contributed by atoms with Crippen LogP contribution in [0.1, 0.15) is 67.9 Å². The van der Waals surface area contributed by atoms with Crippen LogP contribution in [0.3, 0.4) is 0 Å². The Labute approximate surface area is 293 Å². The van der Waals surface area contributed by atoms with Crippen LogP contribution in [0.2, 0.25) is 0 Å². The van der Waals surface area contributed by atoms with Crippen molar-refractivity contribution in [3.63, 3.8) is 0 Å². The molecule has 0 aromatic heterocycles. The third-order valence-corrected chi connectivity index (χ3v) is 7.35. The highest BCUT2D eigenvalue weighted by atomic mass is 19.4. The maximum atomic E-state index is 13.2. The molecule has 0 saturated carbocycles. The second kappa shape index (κ2) is 20.4. The quantitative estimate of drug-likeness (QED) is 0.100. The van der Waals surface area contributed by atoms with Gasteiger partial charge in [0, 0.05) is 43.5 Å². The first-order valence-corrected chi connectivity index (χ1v) is 16.1. The van der Waals surface area contributed by atoms with Gasteiger partial charge in [-0.3, -0.25) is 25.2 Å². The summed E-state index contributed by atoms with van der Waals surface area (Å²) in [5.74, 6) is -2.55. The molecular weight excluding hydrogens is 679 g/mol. The Bertz CT molecular complexity index is 1510. The number of amidine groups is 2. The van der Waals surface area contributed by atoms with E-state index in [0.29, 0.717) is 40.4 Å². The lowest BCUT2D eigenvalue weighted by atomic mass is 10.0. The number of halogens is 3. The summed E-state index contributed by atoms with van der Waals surface area (Å²) in [4.78, 5) is 48.4. The van der Waals surface area contributed by atoms with Gasteiger partial charge in [-0.15, -0.1) is 0 Å². The number of nitrogens with one attached hydrogen (secondary N) is 3. The van der Waals surface area contributed by atoms with Crippen molar-refractivity contribution in [3.05, 3.63) is 59.2 Å². The zero-order valence-corrected chi connectivity index (χ0v) is 28.6. The van der Waals surface area contributed by atoms with Gasteiger partial charge in [-0.2, -0.15) is 13.2 Å². The first-order valence-electron chi connectivity index (χ1n) is 16.1.